The Kier molecular flexibility index (Phi) is 5.67. The lowest BCUT2D eigenvalue weighted by molar-refractivity contribution is -0.122. The van der Waals surface area contributed by atoms with Gasteiger partial charge in [-0.15, -0.1) is 0 Å². The third-order valence-electron chi connectivity index (χ3n) is 2.46. The average Bonchev–Trinajstić information content (AvgIpc) is 2.27. The highest BCUT2D eigenvalue weighted by atomic mass is 35.5. The second-order valence-corrected chi connectivity index (χ2v) is 6.07. The molecule has 0 aliphatic carbocycles. The number of hydrogen-bond donors (Lipinski definition) is 1. The van der Waals surface area contributed by atoms with E-state index in [1.54, 1.807) is 0 Å². The zero-order valence-electron chi connectivity index (χ0n) is 12.0. The Morgan fingerprint density at radius 3 is 2.63 bits per heavy atom. The van der Waals surface area contributed by atoms with E-state index in [2.05, 4.69) is 5.32 Å². The third kappa shape index (κ3) is 6.48. The second-order valence-electron chi connectivity index (χ2n) is 5.66. The Labute approximate surface area is 120 Å². The van der Waals surface area contributed by atoms with Gasteiger partial charge in [-0.3, -0.25) is 4.79 Å². The van der Waals surface area contributed by atoms with Crippen molar-refractivity contribution in [2.75, 3.05) is 6.61 Å². The molecule has 4 heteroatoms. The smallest absolute Gasteiger partial charge is 0.220 e. The lowest BCUT2D eigenvalue weighted by atomic mass is 10.1. The predicted molar refractivity (Wildman–Crippen MR) is 78.8 cm³/mol. The number of hydrogen-bond acceptors (Lipinski definition) is 2. The molecule has 0 aliphatic heterocycles. The van der Waals surface area contributed by atoms with Gasteiger partial charge in [0.25, 0.3) is 0 Å². The number of rotatable bonds is 5. The van der Waals surface area contributed by atoms with Crippen LogP contribution in [0.15, 0.2) is 18.2 Å². The van der Waals surface area contributed by atoms with Gasteiger partial charge in [0.05, 0.1) is 6.61 Å². The van der Waals surface area contributed by atoms with Crippen molar-refractivity contribution in [1.82, 2.24) is 5.32 Å². The number of carbonyl (C=O) groups is 1. The molecule has 106 valence electrons. The van der Waals surface area contributed by atoms with Crippen molar-refractivity contribution >= 4 is 17.5 Å². The number of nitrogens with one attached hydrogen (secondary N) is 1. The van der Waals surface area contributed by atoms with E-state index in [9.17, 15) is 4.79 Å². The van der Waals surface area contributed by atoms with Gasteiger partial charge < -0.3 is 10.1 Å². The summed E-state index contributed by atoms with van der Waals surface area (Å²) in [5.41, 5.74) is 0.815. The first-order valence-electron chi connectivity index (χ1n) is 6.48. The van der Waals surface area contributed by atoms with Gasteiger partial charge in [-0.2, -0.15) is 0 Å². The van der Waals surface area contributed by atoms with Gasteiger partial charge >= 0.3 is 0 Å². The Balaban J connectivity index is 2.27. The number of carbonyl (C=O) groups excluding carboxylic acids is 1. The first-order valence-corrected chi connectivity index (χ1v) is 6.86. The van der Waals surface area contributed by atoms with E-state index < -0.39 is 0 Å². The summed E-state index contributed by atoms with van der Waals surface area (Å²) in [5, 5.41) is 3.66. The van der Waals surface area contributed by atoms with Gasteiger partial charge in [0.2, 0.25) is 5.91 Å². The van der Waals surface area contributed by atoms with E-state index in [4.69, 9.17) is 16.3 Å². The van der Waals surface area contributed by atoms with E-state index in [-0.39, 0.29) is 11.4 Å². The Hall–Kier alpha value is -1.22. The number of amides is 1. The molecule has 0 heterocycles. The van der Waals surface area contributed by atoms with Crippen molar-refractivity contribution in [3.05, 3.63) is 28.8 Å². The van der Waals surface area contributed by atoms with Gasteiger partial charge in [-0.1, -0.05) is 11.6 Å². The lowest BCUT2D eigenvalue weighted by Crippen LogP contribution is -2.40. The maximum atomic E-state index is 11.6. The lowest BCUT2D eigenvalue weighted by Gasteiger charge is -2.20. The molecule has 0 bridgehead atoms. The van der Waals surface area contributed by atoms with Crippen LogP contribution in [0.4, 0.5) is 0 Å². The molecule has 1 aromatic carbocycles. The molecule has 0 aliphatic rings. The quantitative estimate of drug-likeness (QED) is 0.837. The van der Waals surface area contributed by atoms with Crippen LogP contribution in [0.5, 0.6) is 5.75 Å². The van der Waals surface area contributed by atoms with Crippen molar-refractivity contribution in [1.29, 1.82) is 0 Å². The number of halogens is 1. The van der Waals surface area contributed by atoms with Gasteiger partial charge in [0.15, 0.2) is 0 Å². The molecule has 0 atom stereocenters. The highest BCUT2D eigenvalue weighted by Crippen LogP contribution is 2.21. The predicted octanol–water partition coefficient (Wildman–Crippen LogP) is 3.72. The molecule has 0 saturated heterocycles. The van der Waals surface area contributed by atoms with Crippen LogP contribution in [-0.2, 0) is 4.79 Å². The van der Waals surface area contributed by atoms with Crippen LogP contribution < -0.4 is 10.1 Å². The molecular formula is C15H22ClNO2. The zero-order valence-corrected chi connectivity index (χ0v) is 12.8. The van der Waals surface area contributed by atoms with E-state index in [0.717, 1.165) is 16.3 Å². The van der Waals surface area contributed by atoms with E-state index in [1.165, 1.54) is 0 Å². The Morgan fingerprint density at radius 2 is 2.05 bits per heavy atom. The van der Waals surface area contributed by atoms with E-state index in [0.29, 0.717) is 19.4 Å². The van der Waals surface area contributed by atoms with Crippen LogP contribution >= 0.6 is 11.6 Å². The SMILES string of the molecule is Cc1cc(OCCCC(=O)NC(C)(C)C)ccc1Cl. The first-order chi connectivity index (χ1) is 8.78. The van der Waals surface area contributed by atoms with Gasteiger partial charge in [0.1, 0.15) is 5.75 Å². The minimum absolute atomic E-state index is 0.0587. The molecule has 0 radical (unpaired) electrons. The summed E-state index contributed by atoms with van der Waals surface area (Å²) in [4.78, 5) is 11.6. The van der Waals surface area contributed by atoms with Crippen molar-refractivity contribution < 1.29 is 9.53 Å². The molecule has 3 nitrogen and oxygen atoms in total. The van der Waals surface area contributed by atoms with Gasteiger partial charge in [0, 0.05) is 17.0 Å². The van der Waals surface area contributed by atoms with Gasteiger partial charge in [-0.05, 0) is 57.9 Å². The normalized spacial score (nSPS) is 11.2. The minimum Gasteiger partial charge on any atom is -0.494 e. The maximum Gasteiger partial charge on any atom is 0.220 e. The summed E-state index contributed by atoms with van der Waals surface area (Å²) >= 11 is 5.94. The standard InChI is InChI=1S/C15H22ClNO2/c1-11-10-12(7-8-13(11)16)19-9-5-6-14(18)17-15(2,3)4/h7-8,10H,5-6,9H2,1-4H3,(H,17,18). The number of aryl methyl sites for hydroxylation is 1. The Bertz CT molecular complexity index is 438. The van der Waals surface area contributed by atoms with Crippen LogP contribution in [0, 0.1) is 6.92 Å². The van der Waals surface area contributed by atoms with E-state index >= 15 is 0 Å². The van der Waals surface area contributed by atoms with Crippen LogP contribution in [0.3, 0.4) is 0 Å². The van der Waals surface area contributed by atoms with E-state index in [1.807, 2.05) is 45.9 Å². The maximum absolute atomic E-state index is 11.6. The fourth-order valence-corrected chi connectivity index (χ4v) is 1.73. The van der Waals surface area contributed by atoms with Crippen molar-refractivity contribution in [2.45, 2.75) is 46.1 Å². The van der Waals surface area contributed by atoms with Crippen molar-refractivity contribution in [3.63, 3.8) is 0 Å². The van der Waals surface area contributed by atoms with Crippen molar-refractivity contribution in [3.8, 4) is 5.75 Å². The highest BCUT2D eigenvalue weighted by molar-refractivity contribution is 6.31. The monoisotopic (exact) mass is 283 g/mol. The summed E-state index contributed by atoms with van der Waals surface area (Å²) in [5.74, 6) is 0.849. The summed E-state index contributed by atoms with van der Waals surface area (Å²) in [7, 11) is 0. The zero-order chi connectivity index (χ0) is 14.5. The van der Waals surface area contributed by atoms with Gasteiger partial charge in [-0.25, -0.2) is 0 Å². The number of ether oxygens (including phenoxy) is 1. The molecule has 19 heavy (non-hydrogen) atoms. The summed E-state index contributed by atoms with van der Waals surface area (Å²) in [6.07, 6.45) is 1.17. The molecule has 0 aromatic heterocycles. The topological polar surface area (TPSA) is 38.3 Å². The summed E-state index contributed by atoms with van der Waals surface area (Å²) in [6.45, 7) is 8.37. The average molecular weight is 284 g/mol. The van der Waals surface area contributed by atoms with Crippen LogP contribution in [0.1, 0.15) is 39.2 Å². The second kappa shape index (κ2) is 6.80. The first kappa shape index (κ1) is 15.8. The highest BCUT2D eigenvalue weighted by Gasteiger charge is 2.12. The summed E-state index contributed by atoms with van der Waals surface area (Å²) < 4.78 is 5.58. The molecule has 1 rings (SSSR count). The fraction of sp³-hybridized carbons (Fsp3) is 0.533. The van der Waals surface area contributed by atoms with Crippen LogP contribution in [0.25, 0.3) is 0 Å². The molecule has 0 fully saturated rings. The molecule has 0 unspecified atom stereocenters. The third-order valence-corrected chi connectivity index (χ3v) is 2.88. The number of benzene rings is 1. The molecule has 0 spiro atoms. The van der Waals surface area contributed by atoms with Crippen molar-refractivity contribution in [2.24, 2.45) is 0 Å². The van der Waals surface area contributed by atoms with Crippen LogP contribution in [-0.4, -0.2) is 18.1 Å². The fourth-order valence-electron chi connectivity index (χ4n) is 1.61. The van der Waals surface area contributed by atoms with Crippen LogP contribution in [0.2, 0.25) is 5.02 Å². The molecular weight excluding hydrogens is 262 g/mol. The molecule has 1 aromatic rings. The molecule has 1 amide bonds. The largest absolute Gasteiger partial charge is 0.494 e. The minimum atomic E-state index is -0.175. The summed E-state index contributed by atoms with van der Waals surface area (Å²) in [6, 6.07) is 5.56. The molecule has 0 saturated carbocycles. The molecule has 1 N–H and O–H groups in total. The Morgan fingerprint density at radius 1 is 1.37 bits per heavy atom.